The van der Waals surface area contributed by atoms with Crippen molar-refractivity contribution in [1.82, 2.24) is 0 Å². The lowest BCUT2D eigenvalue weighted by molar-refractivity contribution is 0.687. The fourth-order valence-corrected chi connectivity index (χ4v) is 2.76. The second-order valence-electron chi connectivity index (χ2n) is 4.54. The van der Waals surface area contributed by atoms with Crippen LogP contribution in [-0.4, -0.2) is 10.5 Å². The van der Waals surface area contributed by atoms with Gasteiger partial charge in [-0.25, -0.2) is 0 Å². The van der Waals surface area contributed by atoms with Gasteiger partial charge in [-0.15, -0.1) is 0 Å². The fourth-order valence-electron chi connectivity index (χ4n) is 2.24. The summed E-state index contributed by atoms with van der Waals surface area (Å²) in [6.07, 6.45) is 8.13. The summed E-state index contributed by atoms with van der Waals surface area (Å²) < 4.78 is 11.3. The Morgan fingerprint density at radius 2 is 1.68 bits per heavy atom. The normalized spacial score (nSPS) is 16.6. The second kappa shape index (κ2) is 4.98. The number of rotatable bonds is 2. The number of hydrogen-bond acceptors (Lipinski definition) is 1. The first-order valence-electron chi connectivity index (χ1n) is 6.17. The molecular formula is C17H14OS. The fraction of sp³-hybridized carbons (Fsp3) is 0.0588. The summed E-state index contributed by atoms with van der Waals surface area (Å²) in [4.78, 5) is 0.865. The van der Waals surface area contributed by atoms with E-state index in [4.69, 9.17) is 0 Å². The molecule has 2 heteroatoms. The van der Waals surface area contributed by atoms with Gasteiger partial charge < -0.3 is 0 Å². The Morgan fingerprint density at radius 3 is 2.42 bits per heavy atom. The molecule has 3 rings (SSSR count). The number of hydrogen-bond donors (Lipinski definition) is 0. The van der Waals surface area contributed by atoms with Crippen molar-refractivity contribution < 1.29 is 4.21 Å². The van der Waals surface area contributed by atoms with Gasteiger partial charge in [-0.3, -0.25) is 4.21 Å². The molecule has 2 aromatic carbocycles. The van der Waals surface area contributed by atoms with Crippen LogP contribution < -0.4 is 0 Å². The quantitative estimate of drug-likeness (QED) is 0.803. The molecule has 0 radical (unpaired) electrons. The summed E-state index contributed by atoms with van der Waals surface area (Å²) in [6, 6.07) is 16.2. The minimum Gasteiger partial charge on any atom is -0.255 e. The highest BCUT2D eigenvalue weighted by Gasteiger charge is 2.08. The van der Waals surface area contributed by atoms with Crippen molar-refractivity contribution in [2.24, 2.45) is 0 Å². The zero-order chi connectivity index (χ0) is 13.2. The molecule has 0 heterocycles. The molecule has 94 valence electrons. The predicted octanol–water partition coefficient (Wildman–Crippen LogP) is 3.99. The number of allylic oxidation sites excluding steroid dienone is 2. The van der Waals surface area contributed by atoms with E-state index < -0.39 is 10.8 Å². The van der Waals surface area contributed by atoms with Gasteiger partial charge in [0.2, 0.25) is 0 Å². The smallest absolute Gasteiger partial charge is 0.0498 e. The zero-order valence-electron chi connectivity index (χ0n) is 10.7. The van der Waals surface area contributed by atoms with Crippen LogP contribution in [0.2, 0.25) is 0 Å². The highest BCUT2D eigenvalue weighted by molar-refractivity contribution is 7.84. The topological polar surface area (TPSA) is 17.1 Å². The van der Waals surface area contributed by atoms with E-state index >= 15 is 0 Å². The molecule has 0 saturated heterocycles. The van der Waals surface area contributed by atoms with Crippen molar-refractivity contribution in [3.05, 3.63) is 71.3 Å². The molecular weight excluding hydrogens is 252 g/mol. The van der Waals surface area contributed by atoms with Crippen LogP contribution in [0.1, 0.15) is 16.7 Å². The van der Waals surface area contributed by atoms with Gasteiger partial charge in [-0.05, 0) is 40.5 Å². The van der Waals surface area contributed by atoms with Crippen molar-refractivity contribution in [3.63, 3.8) is 0 Å². The average Bonchev–Trinajstić information content (AvgIpc) is 2.83. The summed E-state index contributed by atoms with van der Waals surface area (Å²) in [5.41, 5.74) is 4.89. The van der Waals surface area contributed by atoms with E-state index in [9.17, 15) is 4.21 Å². The van der Waals surface area contributed by atoms with Crippen molar-refractivity contribution in [3.8, 4) is 0 Å². The van der Waals surface area contributed by atoms with Crippen LogP contribution in [0.15, 0.2) is 59.5 Å². The molecule has 1 aliphatic carbocycles. The number of benzene rings is 2. The summed E-state index contributed by atoms with van der Waals surface area (Å²) in [5, 5.41) is 0. The predicted molar refractivity (Wildman–Crippen MR) is 82.1 cm³/mol. The van der Waals surface area contributed by atoms with Gasteiger partial charge in [-0.2, -0.15) is 0 Å². The maximum absolute atomic E-state index is 11.3. The van der Waals surface area contributed by atoms with Crippen LogP contribution >= 0.6 is 0 Å². The minimum absolute atomic E-state index is 0.865. The lowest BCUT2D eigenvalue weighted by Crippen LogP contribution is -1.86. The SMILES string of the molecule is CS(=O)c1ccc(/C=C2\C=Cc3ccccc32)cc1. The minimum atomic E-state index is -0.912. The first-order chi connectivity index (χ1) is 9.24. The maximum Gasteiger partial charge on any atom is 0.0498 e. The molecule has 1 nitrogen and oxygen atoms in total. The molecule has 1 aliphatic rings. The molecule has 2 aromatic rings. The van der Waals surface area contributed by atoms with Crippen molar-refractivity contribution in [1.29, 1.82) is 0 Å². The molecule has 0 amide bonds. The van der Waals surface area contributed by atoms with Crippen LogP contribution in [0.4, 0.5) is 0 Å². The molecule has 19 heavy (non-hydrogen) atoms. The Kier molecular flexibility index (Phi) is 3.18. The first kappa shape index (κ1) is 12.1. The Bertz CT molecular complexity index is 693. The molecule has 0 N–H and O–H groups in total. The Hall–Kier alpha value is -1.93. The van der Waals surface area contributed by atoms with Gasteiger partial charge in [0.1, 0.15) is 0 Å². The summed E-state index contributed by atoms with van der Waals surface area (Å²) in [5.74, 6) is 0. The largest absolute Gasteiger partial charge is 0.255 e. The van der Waals surface area contributed by atoms with Gasteiger partial charge in [-0.1, -0.05) is 48.6 Å². The summed E-state index contributed by atoms with van der Waals surface area (Å²) >= 11 is 0. The highest BCUT2D eigenvalue weighted by Crippen LogP contribution is 2.30. The Balaban J connectivity index is 1.95. The molecule has 0 bridgehead atoms. The van der Waals surface area contributed by atoms with Gasteiger partial charge in [0.05, 0.1) is 0 Å². The third-order valence-electron chi connectivity index (χ3n) is 3.25. The molecule has 0 fully saturated rings. The van der Waals surface area contributed by atoms with Crippen molar-refractivity contribution in [2.75, 3.05) is 6.26 Å². The lowest BCUT2D eigenvalue weighted by Gasteiger charge is -2.02. The van der Waals surface area contributed by atoms with Crippen LogP contribution in [0.5, 0.6) is 0 Å². The first-order valence-corrected chi connectivity index (χ1v) is 7.72. The van der Waals surface area contributed by atoms with Crippen LogP contribution in [-0.2, 0) is 10.8 Å². The monoisotopic (exact) mass is 266 g/mol. The molecule has 0 spiro atoms. The third kappa shape index (κ3) is 2.45. The van der Waals surface area contributed by atoms with Crippen LogP contribution in [0.3, 0.4) is 0 Å². The van der Waals surface area contributed by atoms with Crippen LogP contribution in [0.25, 0.3) is 17.7 Å². The lowest BCUT2D eigenvalue weighted by atomic mass is 10.0. The molecule has 0 aromatic heterocycles. The van der Waals surface area contributed by atoms with E-state index in [0.717, 1.165) is 10.5 Å². The molecule has 1 atom stereocenters. The highest BCUT2D eigenvalue weighted by atomic mass is 32.2. The van der Waals surface area contributed by atoms with E-state index in [-0.39, 0.29) is 0 Å². The molecule has 1 unspecified atom stereocenters. The van der Waals surface area contributed by atoms with Gasteiger partial charge in [0.15, 0.2) is 0 Å². The average molecular weight is 266 g/mol. The van der Waals surface area contributed by atoms with E-state index in [1.54, 1.807) is 6.26 Å². The second-order valence-corrected chi connectivity index (χ2v) is 5.92. The third-order valence-corrected chi connectivity index (χ3v) is 4.18. The Morgan fingerprint density at radius 1 is 0.947 bits per heavy atom. The summed E-state index contributed by atoms with van der Waals surface area (Å²) in [7, 11) is -0.912. The van der Waals surface area contributed by atoms with Gasteiger partial charge in [0, 0.05) is 22.0 Å². The van der Waals surface area contributed by atoms with E-state index in [0.29, 0.717) is 0 Å². The molecule has 0 saturated carbocycles. The van der Waals surface area contributed by atoms with E-state index in [1.165, 1.54) is 16.7 Å². The van der Waals surface area contributed by atoms with Crippen LogP contribution in [0, 0.1) is 0 Å². The van der Waals surface area contributed by atoms with Gasteiger partial charge >= 0.3 is 0 Å². The summed E-state index contributed by atoms with van der Waals surface area (Å²) in [6.45, 7) is 0. The van der Waals surface area contributed by atoms with Crippen molar-refractivity contribution >= 4 is 28.5 Å². The maximum atomic E-state index is 11.3. The van der Waals surface area contributed by atoms with Gasteiger partial charge in [0.25, 0.3) is 0 Å². The standard InChI is InChI=1S/C17H14OS/c1-19(18)16-10-6-13(7-11-16)12-15-9-8-14-4-2-3-5-17(14)15/h2-12H,1H3/b15-12+. The van der Waals surface area contributed by atoms with E-state index in [1.807, 2.05) is 24.3 Å². The molecule has 0 aliphatic heterocycles. The number of fused-ring (bicyclic) bond motifs is 1. The van der Waals surface area contributed by atoms with Crippen molar-refractivity contribution in [2.45, 2.75) is 4.90 Å². The zero-order valence-corrected chi connectivity index (χ0v) is 11.5. The Labute approximate surface area is 115 Å². The van der Waals surface area contributed by atoms with E-state index in [2.05, 4.69) is 42.5 Å².